The fraction of sp³-hybridized carbons (Fsp3) is 0. The van der Waals surface area contributed by atoms with Crippen LogP contribution < -0.4 is 0 Å². The van der Waals surface area contributed by atoms with E-state index < -0.39 is 0 Å². The van der Waals surface area contributed by atoms with Crippen molar-refractivity contribution < 1.29 is 0 Å². The lowest BCUT2D eigenvalue weighted by atomic mass is 9.93. The normalized spacial score (nSPS) is 11.6. The van der Waals surface area contributed by atoms with Crippen LogP contribution >= 0.6 is 22.7 Å². The van der Waals surface area contributed by atoms with E-state index in [0.717, 1.165) is 39.2 Å². The highest BCUT2D eigenvalue weighted by molar-refractivity contribution is 7.26. The van der Waals surface area contributed by atoms with Crippen LogP contribution in [-0.4, -0.2) is 9.97 Å². The molecule has 0 N–H and O–H groups in total. The van der Waals surface area contributed by atoms with Gasteiger partial charge in [-0.3, -0.25) is 0 Å². The predicted octanol–water partition coefficient (Wildman–Crippen LogP) is 15.2. The van der Waals surface area contributed by atoms with E-state index in [1.807, 2.05) is 40.9 Å². The largest absolute Gasteiger partial charge is 0.228 e. The molecule has 0 fully saturated rings. The maximum atomic E-state index is 5.28. The van der Waals surface area contributed by atoms with Crippen molar-refractivity contribution >= 4 is 63.0 Å². The van der Waals surface area contributed by atoms with Crippen LogP contribution in [0.5, 0.6) is 0 Å². The molecular formula is C52H32N2S2. The van der Waals surface area contributed by atoms with Crippen LogP contribution in [0.1, 0.15) is 0 Å². The summed E-state index contributed by atoms with van der Waals surface area (Å²) in [6, 6.07) is 69.8. The van der Waals surface area contributed by atoms with E-state index in [4.69, 9.17) is 9.97 Å². The van der Waals surface area contributed by atoms with Crippen LogP contribution in [0.3, 0.4) is 0 Å². The van der Waals surface area contributed by atoms with Gasteiger partial charge in [-0.25, -0.2) is 9.97 Å². The molecule has 11 aromatic rings. The molecule has 0 radical (unpaired) electrons. The molecule has 4 heteroatoms. The Balaban J connectivity index is 1.10. The number of hydrogen-bond donors (Lipinski definition) is 0. The Morgan fingerprint density at radius 2 is 0.661 bits per heavy atom. The van der Waals surface area contributed by atoms with E-state index in [2.05, 4.69) is 176 Å². The summed E-state index contributed by atoms with van der Waals surface area (Å²) in [6.45, 7) is 0. The summed E-state index contributed by atoms with van der Waals surface area (Å²) >= 11 is 3.71. The van der Waals surface area contributed by atoms with Crippen molar-refractivity contribution in [2.45, 2.75) is 0 Å². The summed E-state index contributed by atoms with van der Waals surface area (Å²) < 4.78 is 5.20. The number of nitrogens with zero attached hydrogens (tertiary/aromatic N) is 2. The Morgan fingerprint density at radius 1 is 0.250 bits per heavy atom. The van der Waals surface area contributed by atoms with Crippen LogP contribution in [0.2, 0.25) is 0 Å². The molecule has 8 aromatic carbocycles. The molecule has 0 saturated heterocycles. The second kappa shape index (κ2) is 13.5. The standard InChI is InChI=1S/C52H32N2S2/c1-3-11-33(12-4-1)34-19-21-35(22-20-34)46-32-47(54-52(53-46)36-13-5-2-6-14-36)41-28-39(37-23-25-44-42-15-7-9-17-48(42)55-50(44)30-37)27-40(29-41)38-24-26-45-43-16-8-10-18-49(43)56-51(45)31-38/h1-32H. The van der Waals surface area contributed by atoms with Gasteiger partial charge in [0.25, 0.3) is 0 Å². The molecule has 3 heterocycles. The summed E-state index contributed by atoms with van der Waals surface area (Å²) in [7, 11) is 0. The molecule has 0 saturated carbocycles. The van der Waals surface area contributed by atoms with Crippen molar-refractivity contribution in [3.63, 3.8) is 0 Å². The van der Waals surface area contributed by atoms with Gasteiger partial charge in [-0.2, -0.15) is 0 Å². The van der Waals surface area contributed by atoms with Gasteiger partial charge in [0, 0.05) is 57.0 Å². The average Bonchev–Trinajstić information content (AvgIpc) is 3.84. The summed E-state index contributed by atoms with van der Waals surface area (Å²) in [5.74, 6) is 0.704. The first-order valence-corrected chi connectivity index (χ1v) is 20.4. The minimum absolute atomic E-state index is 0.704. The summed E-state index contributed by atoms with van der Waals surface area (Å²) in [5, 5.41) is 5.21. The third-order valence-electron chi connectivity index (χ3n) is 10.7. The van der Waals surface area contributed by atoms with Gasteiger partial charge in [-0.05, 0) is 81.9 Å². The highest BCUT2D eigenvalue weighted by Gasteiger charge is 2.16. The Hall–Kier alpha value is -6.72. The van der Waals surface area contributed by atoms with Crippen LogP contribution in [0.25, 0.3) is 108 Å². The zero-order valence-electron chi connectivity index (χ0n) is 30.2. The number of fused-ring (bicyclic) bond motifs is 6. The monoisotopic (exact) mass is 748 g/mol. The van der Waals surface area contributed by atoms with E-state index >= 15 is 0 Å². The first-order chi connectivity index (χ1) is 27.7. The number of rotatable bonds is 6. The lowest BCUT2D eigenvalue weighted by molar-refractivity contribution is 1.18. The number of aromatic nitrogens is 2. The molecule has 11 rings (SSSR count). The molecule has 3 aromatic heterocycles. The molecule has 0 atom stereocenters. The quantitative estimate of drug-likeness (QED) is 0.169. The lowest BCUT2D eigenvalue weighted by Gasteiger charge is -2.14. The predicted molar refractivity (Wildman–Crippen MR) is 240 cm³/mol. The van der Waals surface area contributed by atoms with Crippen molar-refractivity contribution in [3.05, 3.63) is 194 Å². The second-order valence-corrected chi connectivity index (χ2v) is 16.4. The Kier molecular flexibility index (Phi) is 7.90. The minimum Gasteiger partial charge on any atom is -0.228 e. The smallest absolute Gasteiger partial charge is 0.160 e. The van der Waals surface area contributed by atoms with E-state index in [0.29, 0.717) is 5.82 Å². The van der Waals surface area contributed by atoms with E-state index in [9.17, 15) is 0 Å². The SMILES string of the molecule is c1ccc(-c2ccc(-c3cc(-c4cc(-c5ccc6c(c5)sc5ccccc56)cc(-c5ccc6c(c5)sc5ccccc56)c4)nc(-c4ccccc4)n3)cc2)cc1. The Labute approximate surface area is 332 Å². The van der Waals surface area contributed by atoms with Crippen molar-refractivity contribution in [2.24, 2.45) is 0 Å². The van der Waals surface area contributed by atoms with Crippen LogP contribution in [0, 0.1) is 0 Å². The molecule has 56 heavy (non-hydrogen) atoms. The molecule has 0 bridgehead atoms. The topological polar surface area (TPSA) is 25.8 Å². The van der Waals surface area contributed by atoms with Gasteiger partial charge in [0.15, 0.2) is 5.82 Å². The van der Waals surface area contributed by atoms with Crippen molar-refractivity contribution in [2.75, 3.05) is 0 Å². The summed E-state index contributed by atoms with van der Waals surface area (Å²) in [6.07, 6.45) is 0. The molecule has 0 amide bonds. The second-order valence-electron chi connectivity index (χ2n) is 14.2. The highest BCUT2D eigenvalue weighted by atomic mass is 32.1. The zero-order valence-corrected chi connectivity index (χ0v) is 31.8. The van der Waals surface area contributed by atoms with E-state index in [1.54, 1.807) is 0 Å². The molecule has 0 spiro atoms. The number of benzene rings is 8. The third-order valence-corrected chi connectivity index (χ3v) is 13.0. The summed E-state index contributed by atoms with van der Waals surface area (Å²) in [4.78, 5) is 10.4. The van der Waals surface area contributed by atoms with Gasteiger partial charge in [-0.15, -0.1) is 22.7 Å². The molecule has 0 unspecified atom stereocenters. The van der Waals surface area contributed by atoms with Crippen LogP contribution in [0.15, 0.2) is 194 Å². The van der Waals surface area contributed by atoms with Crippen molar-refractivity contribution in [1.29, 1.82) is 0 Å². The molecule has 0 aliphatic rings. The number of hydrogen-bond acceptors (Lipinski definition) is 4. The first-order valence-electron chi connectivity index (χ1n) is 18.8. The molecule has 0 aliphatic carbocycles. The molecule has 262 valence electrons. The average molecular weight is 749 g/mol. The molecule has 2 nitrogen and oxygen atoms in total. The summed E-state index contributed by atoms with van der Waals surface area (Å²) in [5.41, 5.74) is 11.9. The van der Waals surface area contributed by atoms with Gasteiger partial charge >= 0.3 is 0 Å². The maximum Gasteiger partial charge on any atom is 0.160 e. The van der Waals surface area contributed by atoms with Gasteiger partial charge in [-0.1, -0.05) is 146 Å². The fourth-order valence-corrected chi connectivity index (χ4v) is 10.1. The van der Waals surface area contributed by atoms with Crippen LogP contribution in [-0.2, 0) is 0 Å². The fourth-order valence-electron chi connectivity index (χ4n) is 7.84. The Morgan fingerprint density at radius 3 is 1.23 bits per heavy atom. The Bertz CT molecular complexity index is 3100. The van der Waals surface area contributed by atoms with Gasteiger partial charge in [0.05, 0.1) is 11.4 Å². The maximum absolute atomic E-state index is 5.28. The zero-order chi connectivity index (χ0) is 37.0. The van der Waals surface area contributed by atoms with Gasteiger partial charge in [0.2, 0.25) is 0 Å². The molecular weight excluding hydrogens is 717 g/mol. The van der Waals surface area contributed by atoms with Crippen molar-refractivity contribution in [3.8, 4) is 67.3 Å². The van der Waals surface area contributed by atoms with Gasteiger partial charge in [0.1, 0.15) is 0 Å². The number of thiophene rings is 2. The first kappa shape index (κ1) is 32.7. The minimum atomic E-state index is 0.704. The van der Waals surface area contributed by atoms with Gasteiger partial charge < -0.3 is 0 Å². The third kappa shape index (κ3) is 5.88. The molecule has 0 aliphatic heterocycles. The van der Waals surface area contributed by atoms with Crippen molar-refractivity contribution in [1.82, 2.24) is 9.97 Å². The highest BCUT2D eigenvalue weighted by Crippen LogP contribution is 2.41. The van der Waals surface area contributed by atoms with Crippen LogP contribution in [0.4, 0.5) is 0 Å². The van der Waals surface area contributed by atoms with E-state index in [1.165, 1.54) is 62.6 Å². The van der Waals surface area contributed by atoms with E-state index in [-0.39, 0.29) is 0 Å². The lowest BCUT2D eigenvalue weighted by Crippen LogP contribution is -1.96.